The first kappa shape index (κ1) is 11.3. The molecule has 1 rings (SSSR count). The summed E-state index contributed by atoms with van der Waals surface area (Å²) in [5.74, 6) is 1.77. The highest BCUT2D eigenvalue weighted by molar-refractivity contribution is 6.17. The van der Waals surface area contributed by atoms with Crippen LogP contribution in [0.4, 0.5) is 0 Å². The SMILES string of the molecule is CN(CCCCl)CC1CCCCC1. The van der Waals surface area contributed by atoms with Gasteiger partial charge in [0.1, 0.15) is 0 Å². The second-order valence-electron chi connectivity index (χ2n) is 4.31. The highest BCUT2D eigenvalue weighted by Gasteiger charge is 2.14. The lowest BCUT2D eigenvalue weighted by molar-refractivity contribution is 0.234. The predicted molar refractivity (Wildman–Crippen MR) is 59.4 cm³/mol. The molecule has 0 N–H and O–H groups in total. The number of nitrogens with zero attached hydrogens (tertiary/aromatic N) is 1. The Morgan fingerprint density at radius 1 is 1.23 bits per heavy atom. The van der Waals surface area contributed by atoms with Gasteiger partial charge in [-0.15, -0.1) is 11.6 Å². The van der Waals surface area contributed by atoms with Crippen molar-refractivity contribution in [3.05, 3.63) is 0 Å². The molecule has 1 fully saturated rings. The van der Waals surface area contributed by atoms with Crippen LogP contribution in [0.2, 0.25) is 0 Å². The molecule has 1 nitrogen and oxygen atoms in total. The predicted octanol–water partition coefficient (Wildman–Crippen LogP) is 3.13. The van der Waals surface area contributed by atoms with Crippen molar-refractivity contribution in [3.8, 4) is 0 Å². The number of halogens is 1. The van der Waals surface area contributed by atoms with Crippen molar-refractivity contribution in [1.29, 1.82) is 0 Å². The molecule has 2 heteroatoms. The monoisotopic (exact) mass is 203 g/mol. The Morgan fingerprint density at radius 2 is 1.92 bits per heavy atom. The summed E-state index contributed by atoms with van der Waals surface area (Å²) in [6.45, 7) is 2.46. The average molecular weight is 204 g/mol. The standard InChI is InChI=1S/C11H22ClN/c1-13(9-5-8-12)10-11-6-3-2-4-7-11/h11H,2-10H2,1H3. The van der Waals surface area contributed by atoms with Crippen LogP contribution in [0.15, 0.2) is 0 Å². The highest BCUT2D eigenvalue weighted by Crippen LogP contribution is 2.23. The maximum atomic E-state index is 5.66. The zero-order chi connectivity index (χ0) is 9.52. The number of rotatable bonds is 5. The first-order valence-corrected chi connectivity index (χ1v) is 6.11. The van der Waals surface area contributed by atoms with E-state index in [1.807, 2.05) is 0 Å². The van der Waals surface area contributed by atoms with E-state index in [1.165, 1.54) is 45.2 Å². The molecule has 0 aromatic heterocycles. The molecule has 1 saturated carbocycles. The molecule has 0 spiro atoms. The Balaban J connectivity index is 2.07. The lowest BCUT2D eigenvalue weighted by Crippen LogP contribution is -2.28. The second kappa shape index (κ2) is 6.67. The molecular formula is C11H22ClN. The summed E-state index contributed by atoms with van der Waals surface area (Å²) in [7, 11) is 2.22. The normalized spacial score (nSPS) is 19.6. The van der Waals surface area contributed by atoms with Crippen LogP contribution in [-0.2, 0) is 0 Å². The van der Waals surface area contributed by atoms with Gasteiger partial charge in [0.15, 0.2) is 0 Å². The molecule has 0 heterocycles. The molecule has 0 radical (unpaired) electrons. The molecular weight excluding hydrogens is 182 g/mol. The van der Waals surface area contributed by atoms with Crippen LogP contribution in [0.5, 0.6) is 0 Å². The Hall–Kier alpha value is 0.250. The van der Waals surface area contributed by atoms with E-state index in [0.29, 0.717) is 0 Å². The van der Waals surface area contributed by atoms with Gasteiger partial charge in [0.25, 0.3) is 0 Å². The fourth-order valence-corrected chi connectivity index (χ4v) is 2.35. The zero-order valence-electron chi connectivity index (χ0n) is 8.77. The van der Waals surface area contributed by atoms with Crippen LogP contribution in [0, 0.1) is 5.92 Å². The first-order chi connectivity index (χ1) is 6.33. The zero-order valence-corrected chi connectivity index (χ0v) is 9.52. The van der Waals surface area contributed by atoms with E-state index in [0.717, 1.165) is 18.2 Å². The molecule has 0 amide bonds. The molecule has 1 aliphatic rings. The van der Waals surface area contributed by atoms with Crippen LogP contribution in [0.1, 0.15) is 38.5 Å². The maximum absolute atomic E-state index is 5.66. The molecule has 0 aliphatic heterocycles. The van der Waals surface area contributed by atoms with Crippen molar-refractivity contribution in [3.63, 3.8) is 0 Å². The van der Waals surface area contributed by atoms with E-state index in [9.17, 15) is 0 Å². The molecule has 1 aliphatic carbocycles. The van der Waals surface area contributed by atoms with Crippen LogP contribution >= 0.6 is 11.6 Å². The van der Waals surface area contributed by atoms with E-state index >= 15 is 0 Å². The van der Waals surface area contributed by atoms with Crippen molar-refractivity contribution in [1.82, 2.24) is 4.90 Å². The lowest BCUT2D eigenvalue weighted by atomic mass is 9.89. The Bertz CT molecular complexity index is 121. The minimum Gasteiger partial charge on any atom is -0.306 e. The average Bonchev–Trinajstić information content (AvgIpc) is 2.16. The van der Waals surface area contributed by atoms with Gasteiger partial charge in [0.05, 0.1) is 0 Å². The molecule has 0 aromatic carbocycles. The Morgan fingerprint density at radius 3 is 2.54 bits per heavy atom. The smallest absolute Gasteiger partial charge is 0.0235 e. The number of hydrogen-bond donors (Lipinski definition) is 0. The number of alkyl halides is 1. The van der Waals surface area contributed by atoms with E-state index in [-0.39, 0.29) is 0 Å². The molecule has 0 atom stereocenters. The van der Waals surface area contributed by atoms with Crippen molar-refractivity contribution < 1.29 is 0 Å². The van der Waals surface area contributed by atoms with Gasteiger partial charge in [-0.3, -0.25) is 0 Å². The second-order valence-corrected chi connectivity index (χ2v) is 4.69. The molecule has 13 heavy (non-hydrogen) atoms. The fourth-order valence-electron chi connectivity index (χ4n) is 2.23. The van der Waals surface area contributed by atoms with Crippen molar-refractivity contribution in [2.75, 3.05) is 26.0 Å². The Labute approximate surface area is 87.4 Å². The van der Waals surface area contributed by atoms with E-state index in [2.05, 4.69) is 11.9 Å². The van der Waals surface area contributed by atoms with Crippen LogP contribution in [-0.4, -0.2) is 30.9 Å². The molecule has 0 bridgehead atoms. The maximum Gasteiger partial charge on any atom is 0.0235 e. The summed E-state index contributed by atoms with van der Waals surface area (Å²) in [6.07, 6.45) is 8.39. The summed E-state index contributed by atoms with van der Waals surface area (Å²) in [4.78, 5) is 2.44. The van der Waals surface area contributed by atoms with Gasteiger partial charge in [-0.25, -0.2) is 0 Å². The third-order valence-electron chi connectivity index (χ3n) is 2.97. The van der Waals surface area contributed by atoms with E-state index < -0.39 is 0 Å². The first-order valence-electron chi connectivity index (χ1n) is 5.57. The van der Waals surface area contributed by atoms with Gasteiger partial charge < -0.3 is 4.90 Å². The molecule has 78 valence electrons. The summed E-state index contributed by atoms with van der Waals surface area (Å²) >= 11 is 5.66. The van der Waals surface area contributed by atoms with Gasteiger partial charge >= 0.3 is 0 Å². The lowest BCUT2D eigenvalue weighted by Gasteiger charge is -2.26. The largest absolute Gasteiger partial charge is 0.306 e. The van der Waals surface area contributed by atoms with Gasteiger partial charge in [-0.05, 0) is 38.8 Å². The molecule has 0 aromatic rings. The van der Waals surface area contributed by atoms with E-state index in [1.54, 1.807) is 0 Å². The van der Waals surface area contributed by atoms with Crippen molar-refractivity contribution >= 4 is 11.6 Å². The van der Waals surface area contributed by atoms with Gasteiger partial charge in [0.2, 0.25) is 0 Å². The summed E-state index contributed by atoms with van der Waals surface area (Å²) < 4.78 is 0. The van der Waals surface area contributed by atoms with Crippen LogP contribution in [0.25, 0.3) is 0 Å². The summed E-state index contributed by atoms with van der Waals surface area (Å²) in [5.41, 5.74) is 0. The van der Waals surface area contributed by atoms with Gasteiger partial charge in [-0.1, -0.05) is 19.3 Å². The van der Waals surface area contributed by atoms with Gasteiger partial charge in [-0.2, -0.15) is 0 Å². The van der Waals surface area contributed by atoms with E-state index in [4.69, 9.17) is 11.6 Å². The topological polar surface area (TPSA) is 3.24 Å². The van der Waals surface area contributed by atoms with Gasteiger partial charge in [0, 0.05) is 12.4 Å². The minimum absolute atomic E-state index is 0.801. The quantitative estimate of drug-likeness (QED) is 0.621. The third kappa shape index (κ3) is 4.87. The third-order valence-corrected chi connectivity index (χ3v) is 3.24. The fraction of sp³-hybridized carbons (Fsp3) is 1.00. The summed E-state index contributed by atoms with van der Waals surface area (Å²) in [6, 6.07) is 0. The van der Waals surface area contributed by atoms with Crippen molar-refractivity contribution in [2.45, 2.75) is 38.5 Å². The highest BCUT2D eigenvalue weighted by atomic mass is 35.5. The Kier molecular flexibility index (Phi) is 5.81. The van der Waals surface area contributed by atoms with Crippen molar-refractivity contribution in [2.24, 2.45) is 5.92 Å². The molecule has 0 unspecified atom stereocenters. The van der Waals surface area contributed by atoms with Crippen LogP contribution in [0.3, 0.4) is 0 Å². The van der Waals surface area contributed by atoms with Crippen LogP contribution < -0.4 is 0 Å². The molecule has 0 saturated heterocycles. The number of hydrogen-bond acceptors (Lipinski definition) is 1. The summed E-state index contributed by atoms with van der Waals surface area (Å²) in [5, 5.41) is 0. The minimum atomic E-state index is 0.801.